The van der Waals surface area contributed by atoms with Gasteiger partial charge in [0.1, 0.15) is 5.60 Å². The minimum Gasteiger partial charge on any atom is -0.442 e. The molecule has 0 spiro atoms. The highest BCUT2D eigenvalue weighted by Gasteiger charge is 2.30. The van der Waals surface area contributed by atoms with Gasteiger partial charge < -0.3 is 4.74 Å². The Balaban J connectivity index is 2.33. The number of hydrogen-bond acceptors (Lipinski definition) is 5. The average Bonchev–Trinajstić information content (AvgIpc) is 2.52. The molecule has 0 fully saturated rings. The zero-order chi connectivity index (χ0) is 20.4. The Hall–Kier alpha value is -1.61. The number of rotatable bonds is 4. The van der Waals surface area contributed by atoms with Crippen molar-refractivity contribution < 1.29 is 19.1 Å². The van der Waals surface area contributed by atoms with Crippen molar-refractivity contribution in [3.63, 3.8) is 0 Å². The van der Waals surface area contributed by atoms with Crippen molar-refractivity contribution in [1.29, 1.82) is 0 Å². The molecule has 0 bridgehead atoms. The third-order valence-electron chi connectivity index (χ3n) is 3.78. The van der Waals surface area contributed by atoms with E-state index in [1.807, 2.05) is 0 Å². The first kappa shape index (κ1) is 21.7. The summed E-state index contributed by atoms with van der Waals surface area (Å²) in [5, 5.41) is 1.43. The van der Waals surface area contributed by atoms with Crippen LogP contribution in [0.2, 0.25) is 5.02 Å². The lowest BCUT2D eigenvalue weighted by atomic mass is 9.89. The molecule has 1 N–H and O–H groups in total. The highest BCUT2D eigenvalue weighted by atomic mass is 127. The van der Waals surface area contributed by atoms with Gasteiger partial charge in [-0.3, -0.25) is 15.0 Å². The second-order valence-electron chi connectivity index (χ2n) is 7.23. The molecule has 2 rings (SSSR count). The fourth-order valence-corrected chi connectivity index (χ4v) is 3.55. The molecule has 0 saturated heterocycles. The third-order valence-corrected chi connectivity index (χ3v) is 4.77. The van der Waals surface area contributed by atoms with Gasteiger partial charge in [0.15, 0.2) is 11.6 Å². The van der Waals surface area contributed by atoms with Crippen molar-refractivity contribution in [2.24, 2.45) is 0 Å². The Bertz CT molecular complexity index is 814. The molecule has 27 heavy (non-hydrogen) atoms. The maximum absolute atomic E-state index is 13.0. The molecule has 0 saturated carbocycles. The molecule has 146 valence electrons. The van der Waals surface area contributed by atoms with Crippen LogP contribution in [0.15, 0.2) is 29.5 Å². The van der Waals surface area contributed by atoms with Crippen molar-refractivity contribution in [3.05, 3.63) is 43.6 Å². The largest absolute Gasteiger partial charge is 0.442 e. The topological polar surface area (TPSA) is 75.7 Å². The van der Waals surface area contributed by atoms with Crippen molar-refractivity contribution >= 4 is 51.9 Å². The van der Waals surface area contributed by atoms with Gasteiger partial charge >= 0.3 is 6.09 Å². The Morgan fingerprint density at radius 2 is 1.93 bits per heavy atom. The van der Waals surface area contributed by atoms with E-state index in [1.165, 1.54) is 7.05 Å². The highest BCUT2D eigenvalue weighted by Crippen LogP contribution is 2.28. The fraction of sp³-hybridized carbons (Fsp3) is 0.421. The zero-order valence-electron chi connectivity index (χ0n) is 15.7. The number of hydrazine groups is 1. The summed E-state index contributed by atoms with van der Waals surface area (Å²) in [5.41, 5.74) is 2.91. The van der Waals surface area contributed by atoms with Gasteiger partial charge in [-0.2, -0.15) is 0 Å². The first-order valence-electron chi connectivity index (χ1n) is 8.49. The predicted molar refractivity (Wildman–Crippen MR) is 112 cm³/mol. The normalized spacial score (nSPS) is 14.8. The lowest BCUT2D eigenvalue weighted by molar-refractivity contribution is -0.115. The van der Waals surface area contributed by atoms with Crippen LogP contribution in [0.3, 0.4) is 0 Å². The van der Waals surface area contributed by atoms with Crippen molar-refractivity contribution in [1.82, 2.24) is 10.4 Å². The number of halogens is 2. The Kier molecular flexibility index (Phi) is 6.91. The molecule has 0 heterocycles. The number of carbonyl (C=O) groups is 3. The van der Waals surface area contributed by atoms with Gasteiger partial charge in [-0.1, -0.05) is 11.6 Å². The monoisotopic (exact) mass is 504 g/mol. The van der Waals surface area contributed by atoms with Crippen LogP contribution >= 0.6 is 34.2 Å². The van der Waals surface area contributed by atoms with Crippen molar-refractivity contribution in [3.8, 4) is 0 Å². The van der Waals surface area contributed by atoms with E-state index in [4.69, 9.17) is 16.3 Å². The molecular formula is C19H22ClIN2O4. The predicted octanol–water partition coefficient (Wildman–Crippen LogP) is 4.51. The molecule has 1 aromatic rings. The zero-order valence-corrected chi connectivity index (χ0v) is 18.6. The summed E-state index contributed by atoms with van der Waals surface area (Å²) in [6, 6.07) is 5.03. The van der Waals surface area contributed by atoms with E-state index in [0.717, 1.165) is 8.58 Å². The van der Waals surface area contributed by atoms with E-state index in [1.54, 1.807) is 39.0 Å². The van der Waals surface area contributed by atoms with Gasteiger partial charge in [-0.25, -0.2) is 9.80 Å². The second-order valence-corrected chi connectivity index (χ2v) is 8.89. The SMILES string of the molecule is CN(NC1=C(C(=O)c2ccc(I)cc2Cl)C(=O)CCC1)C(=O)OC(C)(C)C. The number of ketones is 2. The lowest BCUT2D eigenvalue weighted by Gasteiger charge is -2.28. The lowest BCUT2D eigenvalue weighted by Crippen LogP contribution is -2.44. The van der Waals surface area contributed by atoms with Gasteiger partial charge in [-0.05, 0) is 74.4 Å². The summed E-state index contributed by atoms with van der Waals surface area (Å²) in [5.74, 6) is -0.706. The minimum atomic E-state index is -0.656. The van der Waals surface area contributed by atoms with Crippen LogP contribution in [0.25, 0.3) is 0 Å². The molecule has 6 nitrogen and oxygen atoms in total. The summed E-state index contributed by atoms with van der Waals surface area (Å²) >= 11 is 8.30. The molecule has 1 aliphatic rings. The van der Waals surface area contributed by atoms with Crippen LogP contribution in [0.5, 0.6) is 0 Å². The van der Waals surface area contributed by atoms with E-state index >= 15 is 0 Å². The Labute approximate surface area is 177 Å². The van der Waals surface area contributed by atoms with Gasteiger partial charge in [0, 0.05) is 28.3 Å². The first-order valence-corrected chi connectivity index (χ1v) is 9.94. The highest BCUT2D eigenvalue weighted by molar-refractivity contribution is 14.1. The smallest absolute Gasteiger partial charge is 0.428 e. The van der Waals surface area contributed by atoms with E-state index in [0.29, 0.717) is 18.5 Å². The Morgan fingerprint density at radius 3 is 2.52 bits per heavy atom. The number of hydrogen-bond donors (Lipinski definition) is 1. The number of Topliss-reactive ketones (excluding diaryl/α,β-unsaturated/α-hetero) is 2. The maximum atomic E-state index is 13.0. The van der Waals surface area contributed by atoms with Crippen LogP contribution in [0.1, 0.15) is 50.4 Å². The second kappa shape index (κ2) is 8.60. The third kappa shape index (κ3) is 5.68. The average molecular weight is 505 g/mol. The fourth-order valence-electron chi connectivity index (χ4n) is 2.61. The number of amides is 1. The molecule has 0 aliphatic heterocycles. The number of nitrogens with one attached hydrogen (secondary N) is 1. The summed E-state index contributed by atoms with van der Waals surface area (Å²) < 4.78 is 6.18. The quantitative estimate of drug-likeness (QED) is 0.283. The molecular weight excluding hydrogens is 483 g/mol. The summed E-state index contributed by atoms with van der Waals surface area (Å²) in [7, 11) is 1.49. The molecule has 1 amide bonds. The molecule has 0 unspecified atom stereocenters. The van der Waals surface area contributed by atoms with E-state index in [-0.39, 0.29) is 28.4 Å². The summed E-state index contributed by atoms with van der Waals surface area (Å²) in [4.78, 5) is 37.7. The van der Waals surface area contributed by atoms with Crippen LogP contribution in [0.4, 0.5) is 4.79 Å². The van der Waals surface area contributed by atoms with Crippen LogP contribution in [-0.2, 0) is 9.53 Å². The number of nitrogens with zero attached hydrogens (tertiary/aromatic N) is 1. The van der Waals surface area contributed by atoms with Crippen molar-refractivity contribution in [2.75, 3.05) is 7.05 Å². The maximum Gasteiger partial charge on any atom is 0.428 e. The van der Waals surface area contributed by atoms with E-state index in [2.05, 4.69) is 28.0 Å². The number of ether oxygens (including phenoxy) is 1. The molecule has 0 aromatic heterocycles. The molecule has 1 aromatic carbocycles. The van der Waals surface area contributed by atoms with Gasteiger partial charge in [0.2, 0.25) is 0 Å². The standard InChI is InChI=1S/C19H22ClIN2O4/c1-19(2,3)27-18(26)23(4)22-14-6-5-7-15(24)16(14)17(25)12-9-8-11(21)10-13(12)20/h8-10,22H,5-7H2,1-4H3. The van der Waals surface area contributed by atoms with Crippen LogP contribution in [0, 0.1) is 3.57 Å². The number of benzene rings is 1. The molecule has 0 radical (unpaired) electrons. The first-order chi connectivity index (χ1) is 12.5. The molecule has 8 heteroatoms. The van der Waals surface area contributed by atoms with Gasteiger partial charge in [0.05, 0.1) is 10.6 Å². The minimum absolute atomic E-state index is 0.0415. The number of carbonyl (C=O) groups excluding carboxylic acids is 3. The molecule has 0 atom stereocenters. The van der Waals surface area contributed by atoms with Gasteiger partial charge in [0.25, 0.3) is 0 Å². The molecule has 1 aliphatic carbocycles. The summed E-state index contributed by atoms with van der Waals surface area (Å²) in [6.45, 7) is 5.28. The Morgan fingerprint density at radius 1 is 1.26 bits per heavy atom. The van der Waals surface area contributed by atoms with Crippen molar-refractivity contribution in [2.45, 2.75) is 45.6 Å². The van der Waals surface area contributed by atoms with Crippen LogP contribution < -0.4 is 5.43 Å². The van der Waals surface area contributed by atoms with E-state index < -0.39 is 17.5 Å². The van der Waals surface area contributed by atoms with E-state index in [9.17, 15) is 14.4 Å². The van der Waals surface area contributed by atoms with Gasteiger partial charge in [-0.15, -0.1) is 0 Å². The number of allylic oxidation sites excluding steroid dienone is 2. The van der Waals surface area contributed by atoms with Crippen LogP contribution in [-0.4, -0.2) is 35.3 Å². The summed E-state index contributed by atoms with van der Waals surface area (Å²) in [6.07, 6.45) is 0.750.